The highest BCUT2D eigenvalue weighted by molar-refractivity contribution is 5.30. The van der Waals surface area contributed by atoms with Crippen LogP contribution in [0.15, 0.2) is 28.8 Å². The Labute approximate surface area is 106 Å². The molecule has 0 aliphatic rings. The van der Waals surface area contributed by atoms with Crippen molar-refractivity contribution in [3.05, 3.63) is 46.8 Å². The third-order valence-electron chi connectivity index (χ3n) is 2.90. The average Bonchev–Trinajstić information content (AvgIpc) is 2.67. The first kappa shape index (κ1) is 12.6. The van der Waals surface area contributed by atoms with Crippen LogP contribution in [0.2, 0.25) is 0 Å². The molecule has 4 heteroatoms. The van der Waals surface area contributed by atoms with Gasteiger partial charge in [0.1, 0.15) is 18.1 Å². The Balaban J connectivity index is 2.09. The Morgan fingerprint density at radius 3 is 2.78 bits per heavy atom. The first-order valence-electron chi connectivity index (χ1n) is 5.90. The molecule has 0 unspecified atom stereocenters. The third-order valence-corrected chi connectivity index (χ3v) is 2.90. The van der Waals surface area contributed by atoms with E-state index in [1.54, 1.807) is 6.92 Å². The summed E-state index contributed by atoms with van der Waals surface area (Å²) in [6.45, 7) is 5.91. The Morgan fingerprint density at radius 2 is 2.17 bits per heavy atom. The van der Waals surface area contributed by atoms with Gasteiger partial charge in [0.25, 0.3) is 0 Å². The fourth-order valence-electron chi connectivity index (χ4n) is 1.73. The summed E-state index contributed by atoms with van der Waals surface area (Å²) < 4.78 is 10.8. The summed E-state index contributed by atoms with van der Waals surface area (Å²) in [5, 5.41) is 13.4. The monoisotopic (exact) mass is 247 g/mol. The summed E-state index contributed by atoms with van der Waals surface area (Å²) in [5.74, 6) is 1.51. The van der Waals surface area contributed by atoms with Gasteiger partial charge < -0.3 is 14.4 Å². The zero-order valence-corrected chi connectivity index (χ0v) is 10.8. The van der Waals surface area contributed by atoms with Crippen molar-refractivity contribution in [1.29, 1.82) is 0 Å². The molecule has 0 bridgehead atoms. The molecule has 0 saturated heterocycles. The third kappa shape index (κ3) is 2.71. The molecule has 0 aliphatic heterocycles. The number of aromatic nitrogens is 1. The van der Waals surface area contributed by atoms with Crippen molar-refractivity contribution in [2.75, 3.05) is 0 Å². The minimum absolute atomic E-state index is 0.421. The molecule has 1 atom stereocenters. The number of ether oxygens (including phenoxy) is 1. The Bertz CT molecular complexity index is 512. The van der Waals surface area contributed by atoms with Crippen molar-refractivity contribution in [1.82, 2.24) is 5.16 Å². The molecule has 18 heavy (non-hydrogen) atoms. The molecular weight excluding hydrogens is 230 g/mol. The van der Waals surface area contributed by atoms with E-state index in [0.29, 0.717) is 6.61 Å². The van der Waals surface area contributed by atoms with E-state index in [2.05, 4.69) is 5.16 Å². The van der Waals surface area contributed by atoms with Crippen molar-refractivity contribution < 1.29 is 14.4 Å². The average molecular weight is 247 g/mol. The van der Waals surface area contributed by atoms with Crippen molar-refractivity contribution >= 4 is 0 Å². The summed E-state index contributed by atoms with van der Waals surface area (Å²) >= 11 is 0. The number of aliphatic hydroxyl groups excluding tert-OH is 1. The van der Waals surface area contributed by atoms with Gasteiger partial charge in [-0.2, -0.15) is 0 Å². The van der Waals surface area contributed by atoms with Gasteiger partial charge in [-0.1, -0.05) is 17.3 Å². The second-order valence-electron chi connectivity index (χ2n) is 4.34. The van der Waals surface area contributed by atoms with Crippen LogP contribution < -0.4 is 4.74 Å². The topological polar surface area (TPSA) is 55.5 Å². The Morgan fingerprint density at radius 1 is 1.39 bits per heavy atom. The number of hydrogen-bond acceptors (Lipinski definition) is 4. The van der Waals surface area contributed by atoms with Crippen LogP contribution in [0.3, 0.4) is 0 Å². The van der Waals surface area contributed by atoms with Crippen LogP contribution in [0.4, 0.5) is 0 Å². The van der Waals surface area contributed by atoms with E-state index in [1.165, 1.54) is 0 Å². The lowest BCUT2D eigenvalue weighted by molar-refractivity contribution is 0.198. The molecule has 0 saturated carbocycles. The molecule has 4 nitrogen and oxygen atoms in total. The maximum atomic E-state index is 9.51. The van der Waals surface area contributed by atoms with Crippen LogP contribution in [0.25, 0.3) is 0 Å². The van der Waals surface area contributed by atoms with Gasteiger partial charge in [0, 0.05) is 0 Å². The maximum absolute atomic E-state index is 9.51. The SMILES string of the molecule is Cc1noc(C)c1COc1cccc([C@H](C)O)c1. The van der Waals surface area contributed by atoms with Crippen molar-refractivity contribution in [2.45, 2.75) is 33.5 Å². The molecule has 96 valence electrons. The highest BCUT2D eigenvalue weighted by Crippen LogP contribution is 2.21. The van der Waals surface area contributed by atoms with Gasteiger partial charge in [-0.15, -0.1) is 0 Å². The molecule has 0 amide bonds. The van der Waals surface area contributed by atoms with E-state index in [-0.39, 0.29) is 0 Å². The predicted octanol–water partition coefficient (Wildman–Crippen LogP) is 2.92. The summed E-state index contributed by atoms with van der Waals surface area (Å²) in [5.41, 5.74) is 2.66. The summed E-state index contributed by atoms with van der Waals surface area (Å²) in [6.07, 6.45) is -0.493. The zero-order chi connectivity index (χ0) is 13.1. The lowest BCUT2D eigenvalue weighted by atomic mass is 10.1. The number of nitrogens with zero attached hydrogens (tertiary/aromatic N) is 1. The number of aliphatic hydroxyl groups is 1. The first-order valence-corrected chi connectivity index (χ1v) is 5.90. The molecular formula is C14H17NO3. The Hall–Kier alpha value is -1.81. The normalized spacial score (nSPS) is 12.4. The van der Waals surface area contributed by atoms with Crippen molar-refractivity contribution in [3.8, 4) is 5.75 Å². The van der Waals surface area contributed by atoms with E-state index in [9.17, 15) is 5.11 Å². The molecule has 0 fully saturated rings. The number of aryl methyl sites for hydroxylation is 2. The van der Waals surface area contributed by atoms with E-state index in [0.717, 1.165) is 28.3 Å². The molecule has 1 heterocycles. The quantitative estimate of drug-likeness (QED) is 0.902. The lowest BCUT2D eigenvalue weighted by Gasteiger charge is -2.09. The van der Waals surface area contributed by atoms with E-state index < -0.39 is 6.10 Å². The fraction of sp³-hybridized carbons (Fsp3) is 0.357. The molecule has 0 radical (unpaired) electrons. The highest BCUT2D eigenvalue weighted by atomic mass is 16.5. The minimum Gasteiger partial charge on any atom is -0.489 e. The predicted molar refractivity (Wildman–Crippen MR) is 67.4 cm³/mol. The maximum Gasteiger partial charge on any atom is 0.140 e. The molecule has 1 aromatic carbocycles. The van der Waals surface area contributed by atoms with Gasteiger partial charge in [-0.05, 0) is 38.5 Å². The summed E-state index contributed by atoms with van der Waals surface area (Å²) in [6, 6.07) is 7.44. The van der Waals surface area contributed by atoms with Crippen LogP contribution in [0, 0.1) is 13.8 Å². The lowest BCUT2D eigenvalue weighted by Crippen LogP contribution is -1.99. The Kier molecular flexibility index (Phi) is 3.67. The number of rotatable bonds is 4. The molecule has 2 aromatic rings. The molecule has 1 aromatic heterocycles. The van der Waals surface area contributed by atoms with E-state index in [1.807, 2.05) is 38.1 Å². The van der Waals surface area contributed by atoms with E-state index >= 15 is 0 Å². The van der Waals surface area contributed by atoms with Crippen LogP contribution in [0.1, 0.15) is 35.6 Å². The standard InChI is InChI=1S/C14H17NO3/c1-9-14(11(3)18-15-9)8-17-13-6-4-5-12(7-13)10(2)16/h4-7,10,16H,8H2,1-3H3/t10-/m0/s1. The van der Waals surface area contributed by atoms with Gasteiger partial charge in [0.2, 0.25) is 0 Å². The van der Waals surface area contributed by atoms with Gasteiger partial charge in [0.05, 0.1) is 17.4 Å². The van der Waals surface area contributed by atoms with Gasteiger partial charge in [0.15, 0.2) is 0 Å². The van der Waals surface area contributed by atoms with Crippen LogP contribution >= 0.6 is 0 Å². The molecule has 0 aliphatic carbocycles. The smallest absolute Gasteiger partial charge is 0.140 e. The van der Waals surface area contributed by atoms with Crippen LogP contribution in [0.5, 0.6) is 5.75 Å². The number of benzene rings is 1. The summed E-state index contributed by atoms with van der Waals surface area (Å²) in [4.78, 5) is 0. The van der Waals surface area contributed by atoms with Crippen LogP contribution in [-0.4, -0.2) is 10.3 Å². The zero-order valence-electron chi connectivity index (χ0n) is 10.8. The van der Waals surface area contributed by atoms with Gasteiger partial charge >= 0.3 is 0 Å². The summed E-state index contributed by atoms with van der Waals surface area (Å²) in [7, 11) is 0. The van der Waals surface area contributed by atoms with Gasteiger partial charge in [-0.25, -0.2) is 0 Å². The number of hydrogen-bond donors (Lipinski definition) is 1. The molecule has 0 spiro atoms. The van der Waals surface area contributed by atoms with E-state index in [4.69, 9.17) is 9.26 Å². The second kappa shape index (κ2) is 5.23. The first-order chi connectivity index (χ1) is 8.58. The minimum atomic E-state index is -0.493. The fourth-order valence-corrected chi connectivity index (χ4v) is 1.73. The van der Waals surface area contributed by atoms with Crippen molar-refractivity contribution in [2.24, 2.45) is 0 Å². The largest absolute Gasteiger partial charge is 0.489 e. The van der Waals surface area contributed by atoms with Gasteiger partial charge in [-0.3, -0.25) is 0 Å². The molecule has 2 rings (SSSR count). The molecule has 1 N–H and O–H groups in total. The van der Waals surface area contributed by atoms with Crippen molar-refractivity contribution in [3.63, 3.8) is 0 Å². The second-order valence-corrected chi connectivity index (χ2v) is 4.34. The highest BCUT2D eigenvalue weighted by Gasteiger charge is 2.10. The van der Waals surface area contributed by atoms with Crippen LogP contribution in [-0.2, 0) is 6.61 Å².